The molecule has 1 N–H and O–H groups in total. The highest BCUT2D eigenvalue weighted by Crippen LogP contribution is 2.26. The van der Waals surface area contributed by atoms with E-state index < -0.39 is 0 Å². The average molecular weight is 358 g/mol. The summed E-state index contributed by atoms with van der Waals surface area (Å²) in [6.45, 7) is 10.3. The molecule has 0 radical (unpaired) electrons. The van der Waals surface area contributed by atoms with Crippen molar-refractivity contribution in [2.45, 2.75) is 46.3 Å². The molecule has 2 atom stereocenters. The number of benzene rings is 1. The summed E-state index contributed by atoms with van der Waals surface area (Å²) in [7, 11) is 1.72. The van der Waals surface area contributed by atoms with Gasteiger partial charge in [-0.1, -0.05) is 36.7 Å². The Bertz CT molecular complexity index is 423. The maximum atomic E-state index is 5.98. The Morgan fingerprint density at radius 1 is 1.24 bits per heavy atom. The highest BCUT2D eigenvalue weighted by atomic mass is 79.9. The predicted molar refractivity (Wildman–Crippen MR) is 92.1 cm³/mol. The molecule has 0 spiro atoms. The van der Waals surface area contributed by atoms with Crippen molar-refractivity contribution in [2.24, 2.45) is 5.92 Å². The van der Waals surface area contributed by atoms with Crippen LogP contribution in [-0.2, 0) is 11.2 Å². The molecule has 120 valence electrons. The molecule has 0 fully saturated rings. The first-order valence-corrected chi connectivity index (χ1v) is 8.50. The summed E-state index contributed by atoms with van der Waals surface area (Å²) in [6.07, 6.45) is 1.08. The quantitative estimate of drug-likeness (QED) is 0.723. The lowest BCUT2D eigenvalue weighted by molar-refractivity contribution is 0.00385. The van der Waals surface area contributed by atoms with Crippen molar-refractivity contribution in [3.05, 3.63) is 28.2 Å². The van der Waals surface area contributed by atoms with Crippen LogP contribution in [0, 0.1) is 5.92 Å². The van der Waals surface area contributed by atoms with Crippen LogP contribution in [0.5, 0.6) is 5.75 Å². The van der Waals surface area contributed by atoms with Crippen molar-refractivity contribution in [3.63, 3.8) is 0 Å². The Morgan fingerprint density at radius 2 is 1.95 bits per heavy atom. The van der Waals surface area contributed by atoms with E-state index in [-0.39, 0.29) is 12.1 Å². The molecule has 3 nitrogen and oxygen atoms in total. The molecule has 1 aromatic rings. The van der Waals surface area contributed by atoms with Gasteiger partial charge < -0.3 is 14.8 Å². The van der Waals surface area contributed by atoms with E-state index in [4.69, 9.17) is 9.47 Å². The number of methoxy groups -OCH3 is 1. The van der Waals surface area contributed by atoms with E-state index in [2.05, 4.69) is 55.0 Å². The summed E-state index contributed by atoms with van der Waals surface area (Å²) in [5.74, 6) is 1.40. The summed E-state index contributed by atoms with van der Waals surface area (Å²) >= 11 is 3.54. The van der Waals surface area contributed by atoms with E-state index in [1.807, 2.05) is 12.1 Å². The zero-order chi connectivity index (χ0) is 15.8. The third-order valence-electron chi connectivity index (χ3n) is 3.56. The Morgan fingerprint density at radius 3 is 2.48 bits per heavy atom. The number of rotatable bonds is 9. The minimum absolute atomic E-state index is 0.193. The Kier molecular flexibility index (Phi) is 8.30. The van der Waals surface area contributed by atoms with E-state index in [1.54, 1.807) is 7.11 Å². The minimum atomic E-state index is 0.193. The fourth-order valence-corrected chi connectivity index (χ4v) is 3.08. The maximum Gasteiger partial charge on any atom is 0.122 e. The van der Waals surface area contributed by atoms with Gasteiger partial charge in [-0.2, -0.15) is 0 Å². The number of hydrogen-bond acceptors (Lipinski definition) is 3. The van der Waals surface area contributed by atoms with Gasteiger partial charge in [0.15, 0.2) is 0 Å². The van der Waals surface area contributed by atoms with Gasteiger partial charge in [-0.25, -0.2) is 0 Å². The van der Waals surface area contributed by atoms with Crippen LogP contribution in [-0.4, -0.2) is 32.4 Å². The lowest BCUT2D eigenvalue weighted by Gasteiger charge is -2.31. The largest absolute Gasteiger partial charge is 0.496 e. The zero-order valence-corrected chi connectivity index (χ0v) is 15.4. The average Bonchev–Trinajstić information content (AvgIpc) is 2.44. The van der Waals surface area contributed by atoms with Crippen LogP contribution in [0.1, 0.15) is 33.3 Å². The van der Waals surface area contributed by atoms with Crippen molar-refractivity contribution in [2.75, 3.05) is 20.3 Å². The third kappa shape index (κ3) is 5.61. The molecular formula is C17H28BrNO2. The Hall–Kier alpha value is -0.580. The molecule has 2 unspecified atom stereocenters. The van der Waals surface area contributed by atoms with E-state index in [1.165, 1.54) is 5.56 Å². The monoisotopic (exact) mass is 357 g/mol. The van der Waals surface area contributed by atoms with Gasteiger partial charge in [0.25, 0.3) is 0 Å². The molecule has 0 aliphatic carbocycles. The van der Waals surface area contributed by atoms with E-state index in [0.29, 0.717) is 5.92 Å². The third-order valence-corrected chi connectivity index (χ3v) is 4.05. The number of nitrogens with one attached hydrogen (secondary N) is 1. The molecule has 0 aliphatic heterocycles. The fourth-order valence-electron chi connectivity index (χ4n) is 2.68. The van der Waals surface area contributed by atoms with Crippen molar-refractivity contribution >= 4 is 15.9 Å². The van der Waals surface area contributed by atoms with Gasteiger partial charge in [0.1, 0.15) is 5.75 Å². The second-order valence-electron chi connectivity index (χ2n) is 5.49. The Labute approximate surface area is 137 Å². The molecule has 0 saturated heterocycles. The molecule has 0 aliphatic rings. The Balaban J connectivity index is 2.98. The molecule has 0 amide bonds. The summed E-state index contributed by atoms with van der Waals surface area (Å²) in [5.41, 5.74) is 1.20. The topological polar surface area (TPSA) is 30.5 Å². The highest BCUT2D eigenvalue weighted by Gasteiger charge is 2.25. The first-order valence-electron chi connectivity index (χ1n) is 7.70. The molecule has 4 heteroatoms. The minimum Gasteiger partial charge on any atom is -0.496 e. The molecule has 21 heavy (non-hydrogen) atoms. The molecule has 1 aromatic carbocycles. The van der Waals surface area contributed by atoms with E-state index >= 15 is 0 Å². The number of ether oxygens (including phenoxy) is 2. The highest BCUT2D eigenvalue weighted by molar-refractivity contribution is 9.10. The summed E-state index contributed by atoms with van der Waals surface area (Å²) in [5, 5.41) is 3.57. The van der Waals surface area contributed by atoms with Gasteiger partial charge in [0.05, 0.1) is 13.2 Å². The van der Waals surface area contributed by atoms with Crippen molar-refractivity contribution in [3.8, 4) is 5.75 Å². The number of halogens is 1. The second-order valence-corrected chi connectivity index (χ2v) is 6.40. The van der Waals surface area contributed by atoms with Gasteiger partial charge in [0.2, 0.25) is 0 Å². The summed E-state index contributed by atoms with van der Waals surface area (Å²) < 4.78 is 12.5. The van der Waals surface area contributed by atoms with Crippen LogP contribution in [0.15, 0.2) is 22.7 Å². The van der Waals surface area contributed by atoms with Gasteiger partial charge in [-0.15, -0.1) is 0 Å². The molecule has 0 saturated carbocycles. The van der Waals surface area contributed by atoms with Crippen molar-refractivity contribution in [1.29, 1.82) is 0 Å². The van der Waals surface area contributed by atoms with Crippen molar-refractivity contribution < 1.29 is 9.47 Å². The van der Waals surface area contributed by atoms with Crippen LogP contribution in [0.2, 0.25) is 0 Å². The van der Waals surface area contributed by atoms with Crippen LogP contribution < -0.4 is 10.1 Å². The van der Waals surface area contributed by atoms with Crippen LogP contribution in [0.3, 0.4) is 0 Å². The first kappa shape index (κ1) is 18.5. The summed E-state index contributed by atoms with van der Waals surface area (Å²) in [6, 6.07) is 6.42. The molecule has 0 bridgehead atoms. The van der Waals surface area contributed by atoms with E-state index in [9.17, 15) is 0 Å². The molecule has 1 rings (SSSR count). The second kappa shape index (κ2) is 9.44. The maximum absolute atomic E-state index is 5.98. The van der Waals surface area contributed by atoms with Crippen LogP contribution >= 0.6 is 15.9 Å². The lowest BCUT2D eigenvalue weighted by Crippen LogP contribution is -2.45. The molecule has 0 heterocycles. The number of hydrogen-bond donors (Lipinski definition) is 1. The SMILES string of the molecule is CCNC(Cc1cc(Br)ccc1OC)C(OCC)C(C)C. The van der Waals surface area contributed by atoms with Gasteiger partial charge in [-0.05, 0) is 49.6 Å². The fraction of sp³-hybridized carbons (Fsp3) is 0.647. The molecular weight excluding hydrogens is 330 g/mol. The van der Waals surface area contributed by atoms with Gasteiger partial charge >= 0.3 is 0 Å². The van der Waals surface area contributed by atoms with Crippen LogP contribution in [0.25, 0.3) is 0 Å². The normalized spacial score (nSPS) is 14.2. The van der Waals surface area contributed by atoms with Crippen LogP contribution in [0.4, 0.5) is 0 Å². The smallest absolute Gasteiger partial charge is 0.122 e. The predicted octanol–water partition coefficient (Wildman–Crippen LogP) is 4.04. The lowest BCUT2D eigenvalue weighted by atomic mass is 9.93. The van der Waals surface area contributed by atoms with Crippen molar-refractivity contribution in [1.82, 2.24) is 5.32 Å². The number of likely N-dealkylation sites (N-methyl/N-ethyl adjacent to an activating group) is 1. The van der Waals surface area contributed by atoms with Gasteiger partial charge in [0, 0.05) is 17.1 Å². The standard InChI is InChI=1S/C17H28BrNO2/c1-6-19-15(17(12(3)4)21-7-2)11-13-10-14(18)8-9-16(13)20-5/h8-10,12,15,17,19H,6-7,11H2,1-5H3. The summed E-state index contributed by atoms with van der Waals surface area (Å²) in [4.78, 5) is 0. The molecule has 0 aromatic heterocycles. The first-order chi connectivity index (χ1) is 10.0. The zero-order valence-electron chi connectivity index (χ0n) is 13.8. The van der Waals surface area contributed by atoms with Gasteiger partial charge in [-0.3, -0.25) is 0 Å². The van der Waals surface area contributed by atoms with E-state index in [0.717, 1.165) is 29.8 Å².